The Morgan fingerprint density at radius 1 is 1.50 bits per heavy atom. The molecule has 0 aliphatic carbocycles. The molecule has 0 radical (unpaired) electrons. The highest BCUT2D eigenvalue weighted by Crippen LogP contribution is 2.30. The number of aromatic hydroxyl groups is 1. The summed E-state index contributed by atoms with van der Waals surface area (Å²) in [6.07, 6.45) is -0.0724. The lowest BCUT2D eigenvalue weighted by molar-refractivity contribution is 0.0296. The van der Waals surface area contributed by atoms with Crippen LogP contribution in [0, 0.1) is 0 Å². The van der Waals surface area contributed by atoms with Gasteiger partial charge in [-0.2, -0.15) is 0 Å². The Balaban J connectivity index is 2.67. The lowest BCUT2D eigenvalue weighted by Crippen LogP contribution is -2.27. The van der Waals surface area contributed by atoms with Gasteiger partial charge in [-0.1, -0.05) is 0 Å². The molecule has 1 aliphatic rings. The van der Waals surface area contributed by atoms with Crippen molar-refractivity contribution in [3.8, 4) is 5.75 Å². The number of benzene rings is 1. The van der Waals surface area contributed by atoms with Gasteiger partial charge in [-0.15, -0.1) is 0 Å². The molecule has 0 aromatic heterocycles. The zero-order chi connectivity index (χ0) is 11.9. The van der Waals surface area contributed by atoms with Gasteiger partial charge in [0.25, 0.3) is 0 Å². The second-order valence-corrected chi connectivity index (χ2v) is 3.71. The highest BCUT2D eigenvalue weighted by atomic mass is 16.5. The monoisotopic (exact) mass is 222 g/mol. The minimum atomic E-state index is -1.11. The van der Waals surface area contributed by atoms with Gasteiger partial charge in [0, 0.05) is 6.42 Å². The fourth-order valence-electron chi connectivity index (χ4n) is 1.85. The largest absolute Gasteiger partial charge is 0.507 e. The molecule has 0 unspecified atom stereocenters. The van der Waals surface area contributed by atoms with E-state index in [4.69, 9.17) is 9.84 Å². The van der Waals surface area contributed by atoms with Crippen LogP contribution in [0.1, 0.15) is 33.2 Å². The first-order chi connectivity index (χ1) is 7.50. The zero-order valence-corrected chi connectivity index (χ0v) is 8.56. The number of hydrogen-bond acceptors (Lipinski definition) is 4. The summed E-state index contributed by atoms with van der Waals surface area (Å²) < 4.78 is 4.94. The molecule has 0 saturated carbocycles. The Morgan fingerprint density at radius 2 is 2.19 bits per heavy atom. The van der Waals surface area contributed by atoms with Gasteiger partial charge in [0.1, 0.15) is 17.4 Å². The number of carboxylic acid groups (broad SMARTS) is 1. The van der Waals surface area contributed by atoms with Crippen molar-refractivity contribution in [1.82, 2.24) is 0 Å². The summed E-state index contributed by atoms with van der Waals surface area (Å²) in [7, 11) is 0. The van der Waals surface area contributed by atoms with Crippen LogP contribution in [0.25, 0.3) is 0 Å². The van der Waals surface area contributed by atoms with Crippen LogP contribution in [0.15, 0.2) is 12.1 Å². The highest BCUT2D eigenvalue weighted by Gasteiger charge is 2.30. The number of rotatable bonds is 1. The third kappa shape index (κ3) is 1.50. The molecule has 0 saturated heterocycles. The molecule has 1 aromatic rings. The van der Waals surface area contributed by atoms with Crippen LogP contribution in [0.4, 0.5) is 0 Å². The van der Waals surface area contributed by atoms with Crippen LogP contribution in [-0.4, -0.2) is 28.3 Å². The summed E-state index contributed by atoms with van der Waals surface area (Å²) in [6.45, 7) is 1.68. The summed E-state index contributed by atoms with van der Waals surface area (Å²) >= 11 is 0. The number of esters is 1. The summed E-state index contributed by atoms with van der Waals surface area (Å²) in [6, 6.07) is 2.49. The maximum atomic E-state index is 11.5. The number of phenolic OH excluding ortho intramolecular Hbond substituents is 1. The van der Waals surface area contributed by atoms with Crippen LogP contribution in [0.2, 0.25) is 0 Å². The quantitative estimate of drug-likeness (QED) is 0.697. The summed E-state index contributed by atoms with van der Waals surface area (Å²) in [4.78, 5) is 22.5. The number of ether oxygens (including phenoxy) is 1. The molecular formula is C11H10O5. The molecule has 1 aromatic carbocycles. The van der Waals surface area contributed by atoms with Crippen molar-refractivity contribution in [3.05, 3.63) is 28.8 Å². The van der Waals surface area contributed by atoms with Gasteiger partial charge in [0.2, 0.25) is 0 Å². The molecule has 2 N–H and O–H groups in total. The lowest BCUT2D eigenvalue weighted by atomic mass is 9.93. The molecule has 0 fully saturated rings. The minimum absolute atomic E-state index is 0.0296. The second kappa shape index (κ2) is 3.52. The molecule has 1 atom stereocenters. The van der Waals surface area contributed by atoms with Crippen molar-refractivity contribution in [1.29, 1.82) is 0 Å². The maximum absolute atomic E-state index is 11.5. The Kier molecular flexibility index (Phi) is 2.30. The second-order valence-electron chi connectivity index (χ2n) is 3.71. The van der Waals surface area contributed by atoms with E-state index < -0.39 is 11.9 Å². The van der Waals surface area contributed by atoms with E-state index in [0.717, 1.165) is 0 Å². The third-order valence-electron chi connectivity index (χ3n) is 2.53. The number of aromatic carboxylic acids is 1. The van der Waals surface area contributed by atoms with Gasteiger partial charge in [-0.3, -0.25) is 0 Å². The molecule has 5 nitrogen and oxygen atoms in total. The normalized spacial score (nSPS) is 18.8. The van der Waals surface area contributed by atoms with E-state index in [-0.39, 0.29) is 23.0 Å². The third-order valence-corrected chi connectivity index (χ3v) is 2.53. The van der Waals surface area contributed by atoms with Crippen LogP contribution < -0.4 is 0 Å². The molecule has 2 rings (SSSR count). The van der Waals surface area contributed by atoms with Crippen LogP contribution in [0.5, 0.6) is 5.75 Å². The number of carbonyl (C=O) groups excluding carboxylic acids is 1. The number of carboxylic acids is 1. The van der Waals surface area contributed by atoms with Gasteiger partial charge >= 0.3 is 11.9 Å². The van der Waals surface area contributed by atoms with E-state index in [9.17, 15) is 14.7 Å². The predicted molar refractivity (Wildman–Crippen MR) is 53.6 cm³/mol. The smallest absolute Gasteiger partial charge is 0.342 e. The molecule has 84 valence electrons. The summed E-state index contributed by atoms with van der Waals surface area (Å²) in [5, 5.41) is 18.5. The van der Waals surface area contributed by atoms with Gasteiger partial charge < -0.3 is 14.9 Å². The Labute approximate surface area is 91.3 Å². The van der Waals surface area contributed by atoms with Crippen molar-refractivity contribution in [2.24, 2.45) is 0 Å². The van der Waals surface area contributed by atoms with E-state index in [0.29, 0.717) is 12.0 Å². The van der Waals surface area contributed by atoms with E-state index >= 15 is 0 Å². The predicted octanol–water partition coefficient (Wildman–Crippen LogP) is 1.19. The van der Waals surface area contributed by atoms with Crippen molar-refractivity contribution < 1.29 is 24.5 Å². The van der Waals surface area contributed by atoms with Crippen molar-refractivity contribution in [2.75, 3.05) is 0 Å². The van der Waals surface area contributed by atoms with E-state index in [1.165, 1.54) is 12.1 Å². The van der Waals surface area contributed by atoms with Gasteiger partial charge in [0.05, 0.1) is 5.56 Å². The summed E-state index contributed by atoms with van der Waals surface area (Å²) in [5.41, 5.74) is 0.352. The average Bonchev–Trinajstić information content (AvgIpc) is 2.15. The molecule has 1 heterocycles. The van der Waals surface area contributed by atoms with E-state index in [1.54, 1.807) is 6.92 Å². The first-order valence-corrected chi connectivity index (χ1v) is 4.80. The number of cyclic esters (lactones) is 1. The topological polar surface area (TPSA) is 83.8 Å². The van der Waals surface area contributed by atoms with Crippen molar-refractivity contribution in [2.45, 2.75) is 19.4 Å². The standard InChI is InChI=1S/C11H10O5/c1-5-4-7-6(10(13)14)2-3-8(12)9(7)11(15)16-5/h2-3,5,12H,4H2,1H3,(H,13,14)/t5-/m0/s1. The molecule has 0 spiro atoms. The number of hydrogen-bond donors (Lipinski definition) is 2. The fourth-order valence-corrected chi connectivity index (χ4v) is 1.85. The maximum Gasteiger partial charge on any atom is 0.342 e. The Morgan fingerprint density at radius 3 is 2.81 bits per heavy atom. The molecule has 0 bridgehead atoms. The Bertz CT molecular complexity index is 478. The van der Waals surface area contributed by atoms with Crippen LogP contribution in [0.3, 0.4) is 0 Å². The first kappa shape index (κ1) is 10.5. The lowest BCUT2D eigenvalue weighted by Gasteiger charge is -2.23. The molecule has 5 heteroatoms. The highest BCUT2D eigenvalue weighted by molar-refractivity contribution is 6.00. The van der Waals surface area contributed by atoms with Gasteiger partial charge in [-0.25, -0.2) is 9.59 Å². The summed E-state index contributed by atoms with van der Waals surface area (Å²) in [5.74, 6) is -2.02. The van der Waals surface area contributed by atoms with Gasteiger partial charge in [0.15, 0.2) is 0 Å². The van der Waals surface area contributed by atoms with Crippen molar-refractivity contribution in [3.63, 3.8) is 0 Å². The van der Waals surface area contributed by atoms with E-state index in [2.05, 4.69) is 0 Å². The number of phenols is 1. The van der Waals surface area contributed by atoms with Crippen LogP contribution >= 0.6 is 0 Å². The number of carbonyl (C=O) groups is 2. The first-order valence-electron chi connectivity index (χ1n) is 4.80. The minimum Gasteiger partial charge on any atom is -0.507 e. The van der Waals surface area contributed by atoms with E-state index in [1.807, 2.05) is 0 Å². The van der Waals surface area contributed by atoms with Crippen molar-refractivity contribution >= 4 is 11.9 Å². The van der Waals surface area contributed by atoms with Gasteiger partial charge in [-0.05, 0) is 24.6 Å². The number of fused-ring (bicyclic) bond motifs is 1. The molecule has 16 heavy (non-hydrogen) atoms. The fraction of sp³-hybridized carbons (Fsp3) is 0.273. The zero-order valence-electron chi connectivity index (χ0n) is 8.56. The molecule has 1 aliphatic heterocycles. The SMILES string of the molecule is C[C@H]1Cc2c(C(=O)O)ccc(O)c2C(=O)O1. The Hall–Kier alpha value is -2.04. The molecule has 0 amide bonds. The van der Waals surface area contributed by atoms with Crippen LogP contribution in [-0.2, 0) is 11.2 Å². The molecular weight excluding hydrogens is 212 g/mol. The average molecular weight is 222 g/mol.